The van der Waals surface area contributed by atoms with Crippen LogP contribution in [0.25, 0.3) is 10.6 Å². The van der Waals surface area contributed by atoms with Gasteiger partial charge in [-0.15, -0.1) is 11.3 Å². The zero-order valence-corrected chi connectivity index (χ0v) is 15.5. The summed E-state index contributed by atoms with van der Waals surface area (Å²) in [5.41, 5.74) is 8.89. The molecule has 0 fully saturated rings. The SMILES string of the molecule is CCc1ccc(-c2nc(COc3ccc(OC)cc3C(N)=O)cs2)cc1. The Morgan fingerprint density at radius 3 is 2.62 bits per heavy atom. The maximum absolute atomic E-state index is 11.6. The second kappa shape index (κ2) is 8.01. The molecule has 0 saturated carbocycles. The van der Waals surface area contributed by atoms with E-state index in [1.807, 2.05) is 5.38 Å². The van der Waals surface area contributed by atoms with E-state index in [-0.39, 0.29) is 12.2 Å². The Labute approximate surface area is 156 Å². The molecule has 0 aliphatic carbocycles. The minimum atomic E-state index is -0.561. The first kappa shape index (κ1) is 17.9. The molecular formula is C20H20N2O3S. The zero-order chi connectivity index (χ0) is 18.5. The van der Waals surface area contributed by atoms with Crippen molar-refractivity contribution in [2.24, 2.45) is 5.73 Å². The highest BCUT2D eigenvalue weighted by Crippen LogP contribution is 2.27. The van der Waals surface area contributed by atoms with E-state index in [2.05, 4.69) is 36.2 Å². The van der Waals surface area contributed by atoms with Crippen molar-refractivity contribution in [2.75, 3.05) is 7.11 Å². The van der Waals surface area contributed by atoms with Gasteiger partial charge in [0.05, 0.1) is 18.4 Å². The summed E-state index contributed by atoms with van der Waals surface area (Å²) >= 11 is 1.57. The largest absolute Gasteiger partial charge is 0.497 e. The van der Waals surface area contributed by atoms with Crippen LogP contribution in [0.1, 0.15) is 28.5 Å². The number of nitrogens with two attached hydrogens (primary N) is 1. The number of benzene rings is 2. The molecule has 2 N–H and O–H groups in total. The van der Waals surface area contributed by atoms with Gasteiger partial charge in [0.2, 0.25) is 0 Å². The van der Waals surface area contributed by atoms with Crippen molar-refractivity contribution >= 4 is 17.2 Å². The number of hydrogen-bond donors (Lipinski definition) is 1. The molecule has 134 valence electrons. The van der Waals surface area contributed by atoms with Gasteiger partial charge in [0, 0.05) is 10.9 Å². The standard InChI is InChI=1S/C20H20N2O3S/c1-3-13-4-6-14(7-5-13)20-22-15(12-26-20)11-25-18-9-8-16(24-2)10-17(18)19(21)23/h4-10,12H,3,11H2,1-2H3,(H2,21,23). The number of rotatable bonds is 7. The first-order valence-electron chi connectivity index (χ1n) is 8.25. The molecule has 0 bridgehead atoms. The fraction of sp³-hybridized carbons (Fsp3) is 0.200. The van der Waals surface area contributed by atoms with Crippen LogP contribution < -0.4 is 15.2 Å². The van der Waals surface area contributed by atoms with Gasteiger partial charge in [-0.2, -0.15) is 0 Å². The lowest BCUT2D eigenvalue weighted by Gasteiger charge is -2.10. The first-order valence-corrected chi connectivity index (χ1v) is 9.13. The molecule has 2 aromatic carbocycles. The van der Waals surface area contributed by atoms with Crippen LogP contribution in [0.15, 0.2) is 47.8 Å². The summed E-state index contributed by atoms with van der Waals surface area (Å²) in [6.45, 7) is 2.39. The molecule has 0 aliphatic heterocycles. The van der Waals surface area contributed by atoms with Crippen molar-refractivity contribution in [3.8, 4) is 22.1 Å². The van der Waals surface area contributed by atoms with Crippen LogP contribution in [0.5, 0.6) is 11.5 Å². The summed E-state index contributed by atoms with van der Waals surface area (Å²) in [5.74, 6) is 0.409. The first-order chi connectivity index (χ1) is 12.6. The number of thiazole rings is 1. The fourth-order valence-electron chi connectivity index (χ4n) is 2.50. The number of aromatic nitrogens is 1. The van der Waals surface area contributed by atoms with Crippen LogP contribution in [0, 0.1) is 0 Å². The normalized spacial score (nSPS) is 10.5. The summed E-state index contributed by atoms with van der Waals surface area (Å²) in [6.07, 6.45) is 1.02. The average Bonchev–Trinajstić information content (AvgIpc) is 3.15. The van der Waals surface area contributed by atoms with E-state index in [1.165, 1.54) is 12.7 Å². The molecule has 0 atom stereocenters. The highest BCUT2D eigenvalue weighted by atomic mass is 32.1. The van der Waals surface area contributed by atoms with E-state index in [9.17, 15) is 4.79 Å². The van der Waals surface area contributed by atoms with Gasteiger partial charge >= 0.3 is 0 Å². The summed E-state index contributed by atoms with van der Waals surface area (Å²) in [7, 11) is 1.53. The minimum Gasteiger partial charge on any atom is -0.497 e. The molecule has 5 nitrogen and oxygen atoms in total. The molecule has 0 aliphatic rings. The molecule has 3 rings (SSSR count). The predicted octanol–water partition coefficient (Wildman–Crippen LogP) is 4.06. The molecule has 26 heavy (non-hydrogen) atoms. The van der Waals surface area contributed by atoms with Crippen molar-refractivity contribution in [2.45, 2.75) is 20.0 Å². The van der Waals surface area contributed by atoms with Crippen LogP contribution in [0.4, 0.5) is 0 Å². The van der Waals surface area contributed by atoms with Gasteiger partial charge in [0.15, 0.2) is 0 Å². The number of amides is 1. The Morgan fingerprint density at radius 2 is 1.96 bits per heavy atom. The Morgan fingerprint density at radius 1 is 1.19 bits per heavy atom. The van der Waals surface area contributed by atoms with Crippen LogP contribution in [0.2, 0.25) is 0 Å². The number of primary amides is 1. The smallest absolute Gasteiger partial charge is 0.252 e. The second-order valence-corrected chi connectivity index (χ2v) is 6.57. The summed E-state index contributed by atoms with van der Waals surface area (Å²) in [6, 6.07) is 13.4. The van der Waals surface area contributed by atoms with E-state index in [4.69, 9.17) is 15.2 Å². The lowest BCUT2D eigenvalue weighted by molar-refractivity contribution is 0.0995. The third-order valence-electron chi connectivity index (χ3n) is 3.99. The number of ether oxygens (including phenoxy) is 2. The number of methoxy groups -OCH3 is 1. The highest BCUT2D eigenvalue weighted by molar-refractivity contribution is 7.13. The highest BCUT2D eigenvalue weighted by Gasteiger charge is 2.12. The van der Waals surface area contributed by atoms with E-state index in [1.54, 1.807) is 29.5 Å². The van der Waals surface area contributed by atoms with E-state index < -0.39 is 5.91 Å². The van der Waals surface area contributed by atoms with Gasteiger partial charge in [-0.05, 0) is 30.2 Å². The molecule has 0 unspecified atom stereocenters. The Bertz CT molecular complexity index is 904. The molecule has 3 aromatic rings. The molecule has 0 saturated heterocycles. The van der Waals surface area contributed by atoms with E-state index in [0.29, 0.717) is 11.5 Å². The van der Waals surface area contributed by atoms with Gasteiger partial charge in [-0.3, -0.25) is 4.79 Å². The summed E-state index contributed by atoms with van der Waals surface area (Å²) < 4.78 is 10.9. The van der Waals surface area contributed by atoms with Crippen molar-refractivity contribution in [3.05, 3.63) is 64.7 Å². The molecule has 0 radical (unpaired) electrons. The Hall–Kier alpha value is -2.86. The lowest BCUT2D eigenvalue weighted by atomic mass is 10.1. The van der Waals surface area contributed by atoms with Crippen LogP contribution >= 0.6 is 11.3 Å². The molecule has 1 heterocycles. The van der Waals surface area contributed by atoms with Gasteiger partial charge in [0.1, 0.15) is 23.1 Å². The summed E-state index contributed by atoms with van der Waals surface area (Å²) in [4.78, 5) is 16.2. The Balaban J connectivity index is 1.73. The van der Waals surface area contributed by atoms with Crippen molar-refractivity contribution in [1.29, 1.82) is 0 Å². The lowest BCUT2D eigenvalue weighted by Crippen LogP contribution is -2.13. The van der Waals surface area contributed by atoms with Gasteiger partial charge in [-0.1, -0.05) is 31.2 Å². The minimum absolute atomic E-state index is 0.260. The molecule has 0 spiro atoms. The number of carbonyl (C=O) groups is 1. The predicted molar refractivity (Wildman–Crippen MR) is 103 cm³/mol. The topological polar surface area (TPSA) is 74.4 Å². The molecule has 1 amide bonds. The number of carbonyl (C=O) groups excluding carboxylic acids is 1. The van der Waals surface area contributed by atoms with Crippen molar-refractivity contribution < 1.29 is 14.3 Å². The van der Waals surface area contributed by atoms with Crippen LogP contribution in [0.3, 0.4) is 0 Å². The average molecular weight is 368 g/mol. The zero-order valence-electron chi connectivity index (χ0n) is 14.7. The second-order valence-electron chi connectivity index (χ2n) is 5.71. The number of nitrogens with zero attached hydrogens (tertiary/aromatic N) is 1. The van der Waals surface area contributed by atoms with E-state index in [0.717, 1.165) is 22.7 Å². The Kier molecular flexibility index (Phi) is 5.53. The van der Waals surface area contributed by atoms with Gasteiger partial charge in [0.25, 0.3) is 5.91 Å². The van der Waals surface area contributed by atoms with E-state index >= 15 is 0 Å². The molecular weight excluding hydrogens is 348 g/mol. The van der Waals surface area contributed by atoms with Gasteiger partial charge in [-0.25, -0.2) is 4.98 Å². The van der Waals surface area contributed by atoms with Crippen LogP contribution in [-0.4, -0.2) is 18.0 Å². The third kappa shape index (κ3) is 4.03. The van der Waals surface area contributed by atoms with Crippen molar-refractivity contribution in [3.63, 3.8) is 0 Å². The molecule has 6 heteroatoms. The third-order valence-corrected chi connectivity index (χ3v) is 4.93. The fourth-order valence-corrected chi connectivity index (χ4v) is 3.31. The quantitative estimate of drug-likeness (QED) is 0.682. The summed E-state index contributed by atoms with van der Waals surface area (Å²) in [5, 5.41) is 2.90. The number of hydrogen-bond acceptors (Lipinski definition) is 5. The monoisotopic (exact) mass is 368 g/mol. The van der Waals surface area contributed by atoms with Crippen molar-refractivity contribution in [1.82, 2.24) is 4.98 Å². The van der Waals surface area contributed by atoms with Crippen LogP contribution in [-0.2, 0) is 13.0 Å². The maximum atomic E-state index is 11.6. The maximum Gasteiger partial charge on any atom is 0.252 e. The van der Waals surface area contributed by atoms with Gasteiger partial charge < -0.3 is 15.2 Å². The number of aryl methyl sites for hydroxylation is 1. The molecule has 1 aromatic heterocycles.